The smallest absolute Gasteiger partial charge is 0.266 e. The van der Waals surface area contributed by atoms with Crippen molar-refractivity contribution in [1.29, 1.82) is 0 Å². The minimum absolute atomic E-state index is 0.0236. The van der Waals surface area contributed by atoms with E-state index in [1.807, 2.05) is 13.0 Å². The Kier molecular flexibility index (Phi) is 15.1. The van der Waals surface area contributed by atoms with Crippen molar-refractivity contribution < 1.29 is 19.1 Å². The first-order chi connectivity index (χ1) is 25.7. The maximum Gasteiger partial charge on any atom is 0.266 e. The number of rotatable bonds is 18. The lowest BCUT2D eigenvalue weighted by molar-refractivity contribution is -0.133. The van der Waals surface area contributed by atoms with Crippen molar-refractivity contribution in [2.24, 2.45) is 11.5 Å². The molecule has 2 unspecified atom stereocenters. The van der Waals surface area contributed by atoms with Crippen LogP contribution in [0.1, 0.15) is 50.0 Å². The number of carbonyl (C=O) groups excluding carboxylic acids is 2. The first-order valence-electron chi connectivity index (χ1n) is 18.2. The molecule has 2 heterocycles. The molecular formula is C39H49Cl2N7O5. The van der Waals surface area contributed by atoms with E-state index in [1.54, 1.807) is 70.1 Å². The number of morpholine rings is 1. The summed E-state index contributed by atoms with van der Waals surface area (Å²) in [6.45, 7) is 6.63. The minimum Gasteiger partial charge on any atom is -0.494 e. The number of nitrogens with one attached hydrogen (secondary N) is 1. The highest BCUT2D eigenvalue weighted by Gasteiger charge is 2.31. The van der Waals surface area contributed by atoms with Gasteiger partial charge in [-0.1, -0.05) is 47.8 Å². The lowest BCUT2D eigenvalue weighted by Crippen LogP contribution is -2.47. The van der Waals surface area contributed by atoms with E-state index in [2.05, 4.69) is 10.2 Å². The molecule has 0 aliphatic carbocycles. The highest BCUT2D eigenvalue weighted by Crippen LogP contribution is 2.29. The molecule has 3 aromatic carbocycles. The van der Waals surface area contributed by atoms with E-state index < -0.39 is 12.1 Å². The first kappa shape index (κ1) is 40.2. The molecule has 1 aliphatic heterocycles. The Bertz CT molecular complexity index is 1880. The number of ether oxygens (including phenoxy) is 2. The summed E-state index contributed by atoms with van der Waals surface area (Å²) in [5.74, 6) is 0.527. The van der Waals surface area contributed by atoms with Crippen LogP contribution in [0, 0.1) is 0 Å². The zero-order valence-corrected chi connectivity index (χ0v) is 31.7. The summed E-state index contributed by atoms with van der Waals surface area (Å²) in [5.41, 5.74) is 13.3. The third-order valence-electron chi connectivity index (χ3n) is 9.33. The van der Waals surface area contributed by atoms with E-state index in [0.717, 1.165) is 25.9 Å². The Morgan fingerprint density at radius 3 is 2.49 bits per heavy atom. The van der Waals surface area contributed by atoms with Crippen LogP contribution in [-0.4, -0.2) is 96.3 Å². The molecular weight excluding hydrogens is 717 g/mol. The normalized spacial score (nSPS) is 14.5. The lowest BCUT2D eigenvalue weighted by atomic mass is 10.1. The second-order valence-corrected chi connectivity index (χ2v) is 13.8. The van der Waals surface area contributed by atoms with Crippen LogP contribution < -0.4 is 27.1 Å². The molecule has 14 heteroatoms. The number of hydrogen-bond acceptors (Lipinski definition) is 9. The number of amides is 2. The van der Waals surface area contributed by atoms with Gasteiger partial charge in [0.1, 0.15) is 11.6 Å². The van der Waals surface area contributed by atoms with E-state index in [0.29, 0.717) is 89.6 Å². The number of benzene rings is 3. The largest absolute Gasteiger partial charge is 0.494 e. The Morgan fingerprint density at radius 1 is 1.02 bits per heavy atom. The van der Waals surface area contributed by atoms with Gasteiger partial charge >= 0.3 is 0 Å². The van der Waals surface area contributed by atoms with Gasteiger partial charge in [-0.2, -0.15) is 0 Å². The summed E-state index contributed by atoms with van der Waals surface area (Å²) in [5, 5.41) is 4.15. The van der Waals surface area contributed by atoms with Crippen molar-refractivity contribution in [3.8, 4) is 11.4 Å². The summed E-state index contributed by atoms with van der Waals surface area (Å²) in [6, 6.07) is 18.1. The maximum atomic E-state index is 14.6. The molecule has 284 valence electrons. The summed E-state index contributed by atoms with van der Waals surface area (Å²) < 4.78 is 12.8. The molecule has 53 heavy (non-hydrogen) atoms. The molecule has 0 saturated carbocycles. The van der Waals surface area contributed by atoms with Gasteiger partial charge in [0.25, 0.3) is 5.56 Å². The molecule has 5 N–H and O–H groups in total. The van der Waals surface area contributed by atoms with Crippen LogP contribution in [0.3, 0.4) is 0 Å². The first-order valence-corrected chi connectivity index (χ1v) is 19.0. The molecule has 1 aliphatic rings. The standard InChI is InChI=1S/C39H49Cl2N7O5/c1-2-53-29-13-11-28(12-14-29)48-37(45-34-9-4-3-7-30(34)39(48)51)35(16-18-44-38(50)33(43)8-5-6-17-42)47(20-19-46-21-23-52-24-22-46)36(49)26-27-10-15-31(40)32(41)25-27/h3-4,7,9-15,25,33,35H,2,5-6,8,16-24,26,42-43H2,1H3,(H,44,50). The van der Waals surface area contributed by atoms with Crippen LogP contribution in [0.25, 0.3) is 16.6 Å². The topological polar surface area (TPSA) is 158 Å². The Morgan fingerprint density at radius 2 is 1.77 bits per heavy atom. The Balaban J connectivity index is 1.60. The number of halogens is 2. The van der Waals surface area contributed by atoms with Crippen molar-refractivity contribution in [2.75, 3.05) is 59.1 Å². The molecule has 0 radical (unpaired) electrons. The zero-order valence-electron chi connectivity index (χ0n) is 30.1. The molecule has 1 saturated heterocycles. The van der Waals surface area contributed by atoms with Crippen molar-refractivity contribution in [3.05, 3.63) is 98.5 Å². The highest BCUT2D eigenvalue weighted by molar-refractivity contribution is 6.42. The number of fused-ring (bicyclic) bond motifs is 1. The number of hydrogen-bond donors (Lipinski definition) is 3. The number of nitrogens with zero attached hydrogens (tertiary/aromatic N) is 4. The molecule has 5 rings (SSSR count). The predicted octanol–water partition coefficient (Wildman–Crippen LogP) is 4.50. The fourth-order valence-electron chi connectivity index (χ4n) is 6.46. The Hall–Kier alpha value is -4.04. The van der Waals surface area contributed by atoms with Gasteiger partial charge < -0.3 is 31.2 Å². The predicted molar refractivity (Wildman–Crippen MR) is 209 cm³/mol. The summed E-state index contributed by atoms with van der Waals surface area (Å²) in [4.78, 5) is 51.3. The molecule has 4 aromatic rings. The van der Waals surface area contributed by atoms with Gasteiger partial charge in [-0.3, -0.25) is 23.9 Å². The van der Waals surface area contributed by atoms with Gasteiger partial charge in [0, 0.05) is 32.7 Å². The molecule has 2 amide bonds. The van der Waals surface area contributed by atoms with Crippen molar-refractivity contribution in [3.63, 3.8) is 0 Å². The lowest BCUT2D eigenvalue weighted by Gasteiger charge is -2.36. The van der Waals surface area contributed by atoms with Gasteiger partial charge in [0.05, 0.1) is 65.0 Å². The van der Waals surface area contributed by atoms with E-state index in [1.165, 1.54) is 0 Å². The Labute approximate surface area is 320 Å². The van der Waals surface area contributed by atoms with E-state index >= 15 is 0 Å². The summed E-state index contributed by atoms with van der Waals surface area (Å²) in [7, 11) is 0. The van der Waals surface area contributed by atoms with Crippen LogP contribution in [0.2, 0.25) is 10.0 Å². The van der Waals surface area contributed by atoms with Crippen molar-refractivity contribution >= 4 is 45.9 Å². The van der Waals surface area contributed by atoms with Crippen molar-refractivity contribution in [1.82, 2.24) is 24.7 Å². The van der Waals surface area contributed by atoms with Crippen LogP contribution in [-0.2, 0) is 20.7 Å². The monoisotopic (exact) mass is 765 g/mol. The molecule has 12 nitrogen and oxygen atoms in total. The fourth-order valence-corrected chi connectivity index (χ4v) is 6.78. The average molecular weight is 767 g/mol. The van der Waals surface area contributed by atoms with Gasteiger partial charge in [-0.05, 0) is 86.8 Å². The van der Waals surface area contributed by atoms with Gasteiger partial charge in [0.15, 0.2) is 0 Å². The number of nitrogens with two attached hydrogens (primary N) is 2. The molecule has 1 aromatic heterocycles. The van der Waals surface area contributed by atoms with Crippen LogP contribution >= 0.6 is 23.2 Å². The molecule has 0 bridgehead atoms. The number of aromatic nitrogens is 2. The van der Waals surface area contributed by atoms with E-state index in [-0.39, 0.29) is 36.8 Å². The van der Waals surface area contributed by atoms with Crippen molar-refractivity contribution in [2.45, 2.75) is 51.1 Å². The SMILES string of the molecule is CCOc1ccc(-n2c(C(CCNC(=O)C(N)CCCCN)N(CCN3CCOCC3)C(=O)Cc3ccc(Cl)c(Cl)c3)nc3ccccc3c2=O)cc1. The van der Waals surface area contributed by atoms with Gasteiger partial charge in [-0.25, -0.2) is 4.98 Å². The third kappa shape index (κ3) is 10.8. The fraction of sp³-hybridized carbons (Fsp3) is 0.436. The number of unbranched alkanes of at least 4 members (excludes halogenated alkanes) is 1. The number of para-hydroxylation sites is 1. The second-order valence-electron chi connectivity index (χ2n) is 13.0. The number of carbonyl (C=O) groups is 2. The molecule has 1 fully saturated rings. The third-order valence-corrected chi connectivity index (χ3v) is 10.1. The zero-order chi connectivity index (χ0) is 37.7. The second kappa shape index (κ2) is 19.9. The van der Waals surface area contributed by atoms with Crippen LogP contribution in [0.5, 0.6) is 5.75 Å². The van der Waals surface area contributed by atoms with Crippen LogP contribution in [0.4, 0.5) is 0 Å². The van der Waals surface area contributed by atoms with Crippen LogP contribution in [0.15, 0.2) is 71.5 Å². The summed E-state index contributed by atoms with van der Waals surface area (Å²) in [6.07, 6.45) is 2.29. The minimum atomic E-state index is -0.746. The average Bonchev–Trinajstić information content (AvgIpc) is 3.16. The highest BCUT2D eigenvalue weighted by atomic mass is 35.5. The van der Waals surface area contributed by atoms with Gasteiger partial charge in [0.2, 0.25) is 11.8 Å². The maximum absolute atomic E-state index is 14.6. The quantitative estimate of drug-likeness (QED) is 0.124. The van der Waals surface area contributed by atoms with E-state index in [4.69, 9.17) is 49.1 Å². The molecule has 0 spiro atoms. The van der Waals surface area contributed by atoms with Gasteiger partial charge in [-0.15, -0.1) is 0 Å². The molecule has 2 atom stereocenters. The van der Waals surface area contributed by atoms with E-state index in [9.17, 15) is 14.4 Å². The summed E-state index contributed by atoms with van der Waals surface area (Å²) >= 11 is 12.6.